The zero-order valence-corrected chi connectivity index (χ0v) is 14.7. The third-order valence-corrected chi connectivity index (χ3v) is 6.86. The van der Waals surface area contributed by atoms with Crippen LogP contribution in [0.15, 0.2) is 4.34 Å². The Balaban J connectivity index is 2.10. The Kier molecular flexibility index (Phi) is 5.69. The Bertz CT molecular complexity index is 604. The first-order chi connectivity index (χ1) is 9.92. The molecule has 2 unspecified atom stereocenters. The molecule has 2 N–H and O–H groups in total. The second-order valence-electron chi connectivity index (χ2n) is 4.98. The van der Waals surface area contributed by atoms with Gasteiger partial charge >= 0.3 is 0 Å². The summed E-state index contributed by atoms with van der Waals surface area (Å²) in [6.07, 6.45) is 3.97. The van der Waals surface area contributed by atoms with Gasteiger partial charge in [-0.25, -0.2) is 13.1 Å². The van der Waals surface area contributed by atoms with Crippen LogP contribution >= 0.6 is 27.3 Å². The Morgan fingerprint density at radius 2 is 2.10 bits per heavy atom. The summed E-state index contributed by atoms with van der Waals surface area (Å²) in [7, 11) is -3.70. The molecule has 0 aliphatic heterocycles. The number of nitrogens with one attached hydrogen (secondary N) is 2. The second kappa shape index (κ2) is 7.12. The highest BCUT2D eigenvalue weighted by molar-refractivity contribution is 9.09. The third kappa shape index (κ3) is 4.44. The zero-order chi connectivity index (χ0) is 15.5. The quantitative estimate of drug-likeness (QED) is 0.582. The molecule has 7 nitrogen and oxygen atoms in total. The molecule has 1 aliphatic rings. The molecule has 1 amide bonds. The minimum absolute atomic E-state index is 0.0868. The highest BCUT2D eigenvalue weighted by Gasteiger charge is 2.30. The number of halogens is 1. The fourth-order valence-corrected chi connectivity index (χ4v) is 5.39. The molecule has 118 valence electrons. The molecule has 1 aromatic heterocycles. The van der Waals surface area contributed by atoms with Gasteiger partial charge in [-0.2, -0.15) is 0 Å². The Morgan fingerprint density at radius 1 is 1.38 bits per heavy atom. The first-order valence-electron chi connectivity index (χ1n) is 6.62. The summed E-state index contributed by atoms with van der Waals surface area (Å²) in [5.41, 5.74) is 0. The van der Waals surface area contributed by atoms with Crippen LogP contribution in [0.5, 0.6) is 0 Å². The van der Waals surface area contributed by atoms with Gasteiger partial charge in [-0.15, -0.1) is 10.2 Å². The molecule has 1 fully saturated rings. The number of rotatable bonds is 5. The van der Waals surface area contributed by atoms with Gasteiger partial charge in [0.1, 0.15) is 0 Å². The first-order valence-corrected chi connectivity index (χ1v) is 10.0. The molecular weight excluding hydrogens is 380 g/mol. The monoisotopic (exact) mass is 396 g/mol. The highest BCUT2D eigenvalue weighted by Crippen LogP contribution is 2.28. The van der Waals surface area contributed by atoms with Gasteiger partial charge in [-0.1, -0.05) is 40.1 Å². The number of amides is 1. The predicted octanol–water partition coefficient (Wildman–Crippen LogP) is 1.73. The number of hydrogen-bond acceptors (Lipinski definition) is 6. The van der Waals surface area contributed by atoms with Crippen molar-refractivity contribution in [1.82, 2.24) is 14.9 Å². The average molecular weight is 397 g/mol. The van der Waals surface area contributed by atoms with Gasteiger partial charge in [0.15, 0.2) is 0 Å². The largest absolute Gasteiger partial charge is 0.301 e. The number of alkyl halides is 1. The van der Waals surface area contributed by atoms with Gasteiger partial charge in [0, 0.05) is 18.3 Å². The minimum atomic E-state index is -3.70. The molecule has 0 saturated heterocycles. The molecule has 0 radical (unpaired) electrons. The van der Waals surface area contributed by atoms with Crippen LogP contribution in [0.4, 0.5) is 5.13 Å². The molecule has 2 atom stereocenters. The fraction of sp³-hybridized carbons (Fsp3) is 0.727. The van der Waals surface area contributed by atoms with E-state index < -0.39 is 10.0 Å². The number of hydrogen-bond donors (Lipinski definition) is 2. The molecule has 0 aromatic carbocycles. The van der Waals surface area contributed by atoms with Crippen LogP contribution in [0.2, 0.25) is 0 Å². The predicted molar refractivity (Wildman–Crippen MR) is 84.1 cm³/mol. The Hall–Kier alpha value is -0.580. The lowest BCUT2D eigenvalue weighted by atomic mass is 9.87. The van der Waals surface area contributed by atoms with Crippen molar-refractivity contribution in [3.8, 4) is 0 Å². The van der Waals surface area contributed by atoms with Crippen LogP contribution in [0.3, 0.4) is 0 Å². The SMILES string of the molecule is CC(=O)Nc1nnc(S(=O)(=O)NC2CCCCC2CBr)s1. The summed E-state index contributed by atoms with van der Waals surface area (Å²) in [6, 6.07) is -0.0868. The molecule has 0 bridgehead atoms. The summed E-state index contributed by atoms with van der Waals surface area (Å²) in [5, 5.41) is 10.7. The van der Waals surface area contributed by atoms with Gasteiger partial charge in [-0.05, 0) is 18.8 Å². The maximum Gasteiger partial charge on any atom is 0.270 e. The molecule has 1 saturated carbocycles. The van der Waals surface area contributed by atoms with Gasteiger partial charge < -0.3 is 5.32 Å². The van der Waals surface area contributed by atoms with E-state index in [1.165, 1.54) is 6.92 Å². The average Bonchev–Trinajstić information content (AvgIpc) is 2.87. The second-order valence-corrected chi connectivity index (χ2v) is 8.49. The standard InChI is InChI=1S/C11H17BrN4O3S2/c1-7(17)13-10-14-15-11(20-10)21(18,19)16-9-5-3-2-4-8(9)6-12/h8-9,16H,2-6H2,1H3,(H,13,14,17). The number of carbonyl (C=O) groups is 1. The molecule has 1 aliphatic carbocycles. The molecule has 1 aromatic rings. The van der Waals surface area contributed by atoms with E-state index in [0.717, 1.165) is 42.4 Å². The molecule has 21 heavy (non-hydrogen) atoms. The number of aromatic nitrogens is 2. The summed E-state index contributed by atoms with van der Waals surface area (Å²) in [4.78, 5) is 10.9. The van der Waals surface area contributed by atoms with Gasteiger partial charge in [0.25, 0.3) is 10.0 Å². The van der Waals surface area contributed by atoms with Gasteiger partial charge in [0.2, 0.25) is 15.4 Å². The van der Waals surface area contributed by atoms with Crippen LogP contribution in [0.1, 0.15) is 32.6 Å². The minimum Gasteiger partial charge on any atom is -0.301 e. The lowest BCUT2D eigenvalue weighted by Crippen LogP contribution is -2.42. The topological polar surface area (TPSA) is 101 Å². The number of nitrogens with zero attached hydrogens (tertiary/aromatic N) is 2. The van der Waals surface area contributed by atoms with Gasteiger partial charge in [-0.3, -0.25) is 4.79 Å². The van der Waals surface area contributed by atoms with E-state index in [2.05, 4.69) is 36.2 Å². The van der Waals surface area contributed by atoms with E-state index in [1.807, 2.05) is 0 Å². The zero-order valence-electron chi connectivity index (χ0n) is 11.5. The maximum atomic E-state index is 12.3. The fourth-order valence-electron chi connectivity index (χ4n) is 2.32. The summed E-state index contributed by atoms with van der Waals surface area (Å²) in [6.45, 7) is 1.33. The van der Waals surface area contributed by atoms with Crippen LogP contribution in [-0.2, 0) is 14.8 Å². The van der Waals surface area contributed by atoms with Crippen molar-refractivity contribution in [2.45, 2.75) is 43.0 Å². The molecule has 1 heterocycles. The molecule has 2 rings (SSSR count). The van der Waals surface area contributed by atoms with Crippen LogP contribution in [0.25, 0.3) is 0 Å². The molecular formula is C11H17BrN4O3S2. The van der Waals surface area contributed by atoms with Crippen molar-refractivity contribution in [3.05, 3.63) is 0 Å². The molecule has 0 spiro atoms. The van der Waals surface area contributed by atoms with Crippen molar-refractivity contribution in [2.75, 3.05) is 10.6 Å². The van der Waals surface area contributed by atoms with E-state index in [-0.39, 0.29) is 27.3 Å². The Morgan fingerprint density at radius 3 is 2.76 bits per heavy atom. The van der Waals surface area contributed by atoms with Crippen molar-refractivity contribution >= 4 is 48.3 Å². The van der Waals surface area contributed by atoms with Crippen LogP contribution < -0.4 is 10.0 Å². The Labute approximate surface area is 136 Å². The van der Waals surface area contributed by atoms with Crippen LogP contribution in [0, 0.1) is 5.92 Å². The molecule has 10 heteroatoms. The maximum absolute atomic E-state index is 12.3. The number of carbonyl (C=O) groups excluding carboxylic acids is 1. The van der Waals surface area contributed by atoms with E-state index in [9.17, 15) is 13.2 Å². The lowest BCUT2D eigenvalue weighted by Gasteiger charge is -2.30. The van der Waals surface area contributed by atoms with Crippen molar-refractivity contribution in [2.24, 2.45) is 5.92 Å². The summed E-state index contributed by atoms with van der Waals surface area (Å²) in [5.74, 6) is -0.0223. The normalized spacial score (nSPS) is 23.0. The van der Waals surface area contributed by atoms with E-state index in [1.54, 1.807) is 0 Å². The number of anilines is 1. The highest BCUT2D eigenvalue weighted by atomic mass is 79.9. The summed E-state index contributed by atoms with van der Waals surface area (Å²) < 4.78 is 27.3. The smallest absolute Gasteiger partial charge is 0.270 e. The van der Waals surface area contributed by atoms with E-state index in [0.29, 0.717) is 0 Å². The van der Waals surface area contributed by atoms with E-state index >= 15 is 0 Å². The van der Waals surface area contributed by atoms with Crippen molar-refractivity contribution in [3.63, 3.8) is 0 Å². The first kappa shape index (κ1) is 16.8. The summed E-state index contributed by atoms with van der Waals surface area (Å²) >= 11 is 4.29. The van der Waals surface area contributed by atoms with Crippen molar-refractivity contribution < 1.29 is 13.2 Å². The lowest BCUT2D eigenvalue weighted by molar-refractivity contribution is -0.114. The van der Waals surface area contributed by atoms with Gasteiger partial charge in [0.05, 0.1) is 0 Å². The van der Waals surface area contributed by atoms with Crippen molar-refractivity contribution in [1.29, 1.82) is 0 Å². The number of sulfonamides is 1. The van der Waals surface area contributed by atoms with E-state index in [4.69, 9.17) is 0 Å². The third-order valence-electron chi connectivity index (χ3n) is 3.33. The van der Waals surface area contributed by atoms with Crippen LogP contribution in [-0.4, -0.2) is 35.9 Å².